The van der Waals surface area contributed by atoms with Crippen LogP contribution >= 0.6 is 0 Å². The van der Waals surface area contributed by atoms with E-state index in [1.54, 1.807) is 0 Å². The summed E-state index contributed by atoms with van der Waals surface area (Å²) < 4.78 is 5.49. The van der Waals surface area contributed by atoms with Crippen molar-refractivity contribution in [2.24, 2.45) is 0 Å². The number of hydrogen-bond acceptors (Lipinski definition) is 3. The van der Waals surface area contributed by atoms with Gasteiger partial charge in [0.2, 0.25) is 11.8 Å². The molecule has 0 aromatic carbocycles. The Morgan fingerprint density at radius 1 is 1.00 bits per heavy atom. The predicted octanol–water partition coefficient (Wildman–Crippen LogP) is 0.779. The van der Waals surface area contributed by atoms with Gasteiger partial charge in [0, 0.05) is 26.1 Å². The average Bonchev–Trinajstić information content (AvgIpc) is 2.59. The van der Waals surface area contributed by atoms with E-state index in [0.717, 1.165) is 45.3 Å². The first kappa shape index (κ1) is 12.9. The first-order chi connectivity index (χ1) is 9.27. The summed E-state index contributed by atoms with van der Waals surface area (Å²) in [6.45, 7) is 2.75. The molecule has 5 heteroatoms. The molecule has 0 aromatic rings. The Hall–Kier alpha value is -1.10. The van der Waals surface area contributed by atoms with Crippen LogP contribution in [0.15, 0.2) is 0 Å². The highest BCUT2D eigenvalue weighted by Gasteiger charge is 2.40. The number of carbonyl (C=O) groups is 2. The molecule has 0 saturated carbocycles. The fourth-order valence-electron chi connectivity index (χ4n) is 3.48. The lowest BCUT2D eigenvalue weighted by Crippen LogP contribution is -2.53. The van der Waals surface area contributed by atoms with E-state index in [-0.39, 0.29) is 23.9 Å². The van der Waals surface area contributed by atoms with Gasteiger partial charge >= 0.3 is 0 Å². The molecule has 3 saturated heterocycles. The number of hydrogen-bond donors (Lipinski definition) is 0. The number of carbonyl (C=O) groups excluding carboxylic acids is 2. The normalized spacial score (nSPS) is 33.1. The number of nitrogens with zero attached hydrogens (tertiary/aromatic N) is 2. The van der Waals surface area contributed by atoms with Crippen LogP contribution in [0.1, 0.15) is 38.5 Å². The van der Waals surface area contributed by atoms with Crippen molar-refractivity contribution >= 4 is 11.8 Å². The van der Waals surface area contributed by atoms with Gasteiger partial charge in [-0.1, -0.05) is 0 Å². The second-order valence-electron chi connectivity index (χ2n) is 5.75. The van der Waals surface area contributed by atoms with Crippen LogP contribution in [0.4, 0.5) is 0 Å². The summed E-state index contributed by atoms with van der Waals surface area (Å²) in [6.07, 6.45) is 5.40. The molecule has 3 heterocycles. The van der Waals surface area contributed by atoms with Gasteiger partial charge in [-0.3, -0.25) is 9.59 Å². The van der Waals surface area contributed by atoms with Crippen LogP contribution in [0, 0.1) is 0 Å². The number of amides is 2. The fourth-order valence-corrected chi connectivity index (χ4v) is 3.48. The van der Waals surface area contributed by atoms with Gasteiger partial charge in [0.05, 0.1) is 12.6 Å². The van der Waals surface area contributed by atoms with Gasteiger partial charge in [-0.15, -0.1) is 0 Å². The maximum Gasteiger partial charge on any atom is 0.245 e. The van der Waals surface area contributed by atoms with Crippen LogP contribution < -0.4 is 0 Å². The molecule has 3 aliphatic rings. The van der Waals surface area contributed by atoms with Crippen molar-refractivity contribution in [3.8, 4) is 0 Å². The smallest absolute Gasteiger partial charge is 0.245 e. The zero-order valence-electron chi connectivity index (χ0n) is 11.3. The van der Waals surface area contributed by atoms with Gasteiger partial charge in [0.1, 0.15) is 6.04 Å². The minimum absolute atomic E-state index is 0.150. The van der Waals surface area contributed by atoms with Gasteiger partial charge in [0.25, 0.3) is 0 Å². The molecular weight excluding hydrogens is 244 g/mol. The van der Waals surface area contributed by atoms with Gasteiger partial charge in [-0.2, -0.15) is 0 Å². The molecule has 3 fully saturated rings. The van der Waals surface area contributed by atoms with E-state index in [0.29, 0.717) is 19.6 Å². The molecule has 19 heavy (non-hydrogen) atoms. The monoisotopic (exact) mass is 266 g/mol. The highest BCUT2D eigenvalue weighted by atomic mass is 16.5. The molecule has 3 rings (SSSR count). The molecule has 0 aliphatic carbocycles. The Morgan fingerprint density at radius 2 is 1.89 bits per heavy atom. The van der Waals surface area contributed by atoms with Gasteiger partial charge in [-0.25, -0.2) is 0 Å². The third-order valence-corrected chi connectivity index (χ3v) is 4.53. The van der Waals surface area contributed by atoms with Crippen LogP contribution in [-0.2, 0) is 14.3 Å². The summed E-state index contributed by atoms with van der Waals surface area (Å²) in [6, 6.07) is -0.0263. The number of rotatable bonds is 1. The van der Waals surface area contributed by atoms with E-state index in [9.17, 15) is 9.59 Å². The van der Waals surface area contributed by atoms with Crippen LogP contribution in [-0.4, -0.2) is 60.0 Å². The van der Waals surface area contributed by atoms with Crippen molar-refractivity contribution in [1.29, 1.82) is 0 Å². The first-order valence-electron chi connectivity index (χ1n) is 7.45. The van der Waals surface area contributed by atoms with E-state index in [1.807, 2.05) is 9.80 Å². The van der Waals surface area contributed by atoms with Crippen molar-refractivity contribution in [1.82, 2.24) is 9.80 Å². The molecule has 2 atom stereocenters. The molecule has 0 spiro atoms. The highest BCUT2D eigenvalue weighted by Crippen LogP contribution is 2.25. The lowest BCUT2D eigenvalue weighted by molar-refractivity contribution is -0.145. The van der Waals surface area contributed by atoms with E-state index in [1.165, 1.54) is 0 Å². The van der Waals surface area contributed by atoms with E-state index < -0.39 is 0 Å². The summed E-state index contributed by atoms with van der Waals surface area (Å²) in [5.41, 5.74) is 0. The van der Waals surface area contributed by atoms with Crippen LogP contribution in [0.5, 0.6) is 0 Å². The Bertz CT molecular complexity index is 366. The Morgan fingerprint density at radius 3 is 2.68 bits per heavy atom. The minimum atomic E-state index is -0.203. The molecule has 5 nitrogen and oxygen atoms in total. The zero-order chi connectivity index (χ0) is 13.2. The lowest BCUT2D eigenvalue weighted by Gasteiger charge is -2.38. The average molecular weight is 266 g/mol. The summed E-state index contributed by atoms with van der Waals surface area (Å²) >= 11 is 0. The number of piperidine rings is 1. The SMILES string of the molecule is O=C1C2CCCCN2C(=O)CCN1C1CCCOC1. The topological polar surface area (TPSA) is 49.9 Å². The molecule has 0 N–H and O–H groups in total. The molecule has 0 aromatic heterocycles. The Kier molecular flexibility index (Phi) is 3.73. The molecule has 0 radical (unpaired) electrons. The molecule has 2 unspecified atom stereocenters. The van der Waals surface area contributed by atoms with Crippen molar-refractivity contribution in [3.05, 3.63) is 0 Å². The summed E-state index contributed by atoms with van der Waals surface area (Å²) in [5.74, 6) is 0.304. The summed E-state index contributed by atoms with van der Waals surface area (Å²) in [5, 5.41) is 0. The van der Waals surface area contributed by atoms with Crippen molar-refractivity contribution in [2.45, 2.75) is 50.6 Å². The molecule has 3 aliphatic heterocycles. The fraction of sp³-hybridized carbons (Fsp3) is 0.857. The number of ether oxygens (including phenoxy) is 1. The summed E-state index contributed by atoms with van der Waals surface area (Å²) in [4.78, 5) is 28.6. The quantitative estimate of drug-likeness (QED) is 0.704. The third kappa shape index (κ3) is 2.48. The van der Waals surface area contributed by atoms with Crippen molar-refractivity contribution in [2.75, 3.05) is 26.3 Å². The van der Waals surface area contributed by atoms with E-state index >= 15 is 0 Å². The van der Waals surface area contributed by atoms with Gasteiger partial charge < -0.3 is 14.5 Å². The standard InChI is InChI=1S/C14H22N2O3/c17-13-6-8-15(11-4-3-9-19-10-11)14(18)12-5-1-2-7-16(12)13/h11-12H,1-10H2. The Labute approximate surface area is 113 Å². The second kappa shape index (κ2) is 5.49. The largest absolute Gasteiger partial charge is 0.379 e. The highest BCUT2D eigenvalue weighted by molar-refractivity contribution is 5.90. The zero-order valence-corrected chi connectivity index (χ0v) is 11.3. The minimum Gasteiger partial charge on any atom is -0.379 e. The van der Waals surface area contributed by atoms with Crippen LogP contribution in [0.3, 0.4) is 0 Å². The first-order valence-corrected chi connectivity index (χ1v) is 7.45. The van der Waals surface area contributed by atoms with Crippen molar-refractivity contribution < 1.29 is 14.3 Å². The van der Waals surface area contributed by atoms with Gasteiger partial charge in [0.15, 0.2) is 0 Å². The van der Waals surface area contributed by atoms with Crippen LogP contribution in [0.2, 0.25) is 0 Å². The predicted molar refractivity (Wildman–Crippen MR) is 69.5 cm³/mol. The maximum atomic E-state index is 12.7. The van der Waals surface area contributed by atoms with Gasteiger partial charge in [-0.05, 0) is 32.1 Å². The number of fused-ring (bicyclic) bond motifs is 1. The molecule has 2 amide bonds. The molecular formula is C14H22N2O3. The third-order valence-electron chi connectivity index (χ3n) is 4.53. The van der Waals surface area contributed by atoms with E-state index in [4.69, 9.17) is 4.74 Å². The van der Waals surface area contributed by atoms with Crippen LogP contribution in [0.25, 0.3) is 0 Å². The molecule has 0 bridgehead atoms. The Balaban J connectivity index is 1.78. The second-order valence-corrected chi connectivity index (χ2v) is 5.75. The summed E-state index contributed by atoms with van der Waals surface area (Å²) in [7, 11) is 0. The van der Waals surface area contributed by atoms with Crippen molar-refractivity contribution in [3.63, 3.8) is 0 Å². The maximum absolute atomic E-state index is 12.7. The lowest BCUT2D eigenvalue weighted by atomic mass is 10.00. The molecule has 106 valence electrons. The van der Waals surface area contributed by atoms with E-state index in [2.05, 4.69) is 0 Å².